The zero-order valence-corrected chi connectivity index (χ0v) is 13.8. The van der Waals surface area contributed by atoms with Crippen LogP contribution in [0.25, 0.3) is 0 Å². The highest BCUT2D eigenvalue weighted by atomic mass is 32.2. The van der Waals surface area contributed by atoms with E-state index >= 15 is 0 Å². The van der Waals surface area contributed by atoms with E-state index in [4.69, 9.17) is 5.11 Å². The SMILES string of the molecule is CC[C@H](NS(=O)C(C)(C)C)C1CCC(NC(=O)O)CC1. The van der Waals surface area contributed by atoms with Crippen LogP contribution in [-0.2, 0) is 11.0 Å². The van der Waals surface area contributed by atoms with Gasteiger partial charge in [0.25, 0.3) is 0 Å². The van der Waals surface area contributed by atoms with E-state index in [2.05, 4.69) is 17.0 Å². The summed E-state index contributed by atoms with van der Waals surface area (Å²) in [4.78, 5) is 10.6. The third kappa shape index (κ3) is 5.40. The van der Waals surface area contributed by atoms with Crippen LogP contribution in [0.15, 0.2) is 0 Å². The summed E-state index contributed by atoms with van der Waals surface area (Å²) < 4.78 is 15.2. The average molecular weight is 304 g/mol. The molecule has 1 unspecified atom stereocenters. The molecule has 0 bridgehead atoms. The van der Waals surface area contributed by atoms with E-state index in [0.717, 1.165) is 32.1 Å². The summed E-state index contributed by atoms with van der Waals surface area (Å²) >= 11 is 0. The van der Waals surface area contributed by atoms with Crippen LogP contribution in [0.5, 0.6) is 0 Å². The second kappa shape index (κ2) is 7.41. The summed E-state index contributed by atoms with van der Waals surface area (Å²) in [5.41, 5.74) is 0. The van der Waals surface area contributed by atoms with E-state index in [1.54, 1.807) is 0 Å². The second-order valence-corrected chi connectivity index (χ2v) is 8.57. The molecule has 5 nitrogen and oxygen atoms in total. The van der Waals surface area contributed by atoms with Crippen LogP contribution in [0.1, 0.15) is 59.8 Å². The van der Waals surface area contributed by atoms with Crippen molar-refractivity contribution in [2.45, 2.75) is 76.6 Å². The Bertz CT molecular complexity index is 347. The molecule has 1 aliphatic carbocycles. The van der Waals surface area contributed by atoms with Gasteiger partial charge < -0.3 is 10.4 Å². The Morgan fingerprint density at radius 3 is 2.25 bits per heavy atom. The predicted molar refractivity (Wildman–Crippen MR) is 82.0 cm³/mol. The summed E-state index contributed by atoms with van der Waals surface area (Å²) in [6.45, 7) is 8.02. The fraction of sp³-hybridized carbons (Fsp3) is 0.929. The molecule has 0 aromatic heterocycles. The van der Waals surface area contributed by atoms with Gasteiger partial charge in [0, 0.05) is 12.1 Å². The highest BCUT2D eigenvalue weighted by Crippen LogP contribution is 2.29. The normalized spacial score (nSPS) is 26.8. The fourth-order valence-electron chi connectivity index (χ4n) is 2.67. The molecular weight excluding hydrogens is 276 g/mol. The van der Waals surface area contributed by atoms with Crippen molar-refractivity contribution < 1.29 is 14.1 Å². The third-order valence-corrected chi connectivity index (χ3v) is 5.55. The molecule has 2 atom stereocenters. The Labute approximate surface area is 124 Å². The summed E-state index contributed by atoms with van der Waals surface area (Å²) in [7, 11) is -1.05. The Hall–Kier alpha value is -0.620. The zero-order chi connectivity index (χ0) is 15.3. The van der Waals surface area contributed by atoms with Crippen molar-refractivity contribution in [2.24, 2.45) is 5.92 Å². The lowest BCUT2D eigenvalue weighted by atomic mass is 9.81. The minimum absolute atomic E-state index is 0.0781. The van der Waals surface area contributed by atoms with Crippen LogP contribution >= 0.6 is 0 Å². The molecule has 0 radical (unpaired) electrons. The number of nitrogens with one attached hydrogen (secondary N) is 2. The first-order valence-corrected chi connectivity index (χ1v) is 8.56. The Kier molecular flexibility index (Phi) is 6.45. The largest absolute Gasteiger partial charge is 0.465 e. The van der Waals surface area contributed by atoms with Crippen molar-refractivity contribution in [2.75, 3.05) is 0 Å². The van der Waals surface area contributed by atoms with Gasteiger partial charge in [-0.3, -0.25) is 0 Å². The van der Waals surface area contributed by atoms with Gasteiger partial charge in [-0.25, -0.2) is 13.7 Å². The topological polar surface area (TPSA) is 78.4 Å². The molecule has 1 fully saturated rings. The van der Waals surface area contributed by atoms with E-state index in [0.29, 0.717) is 5.92 Å². The van der Waals surface area contributed by atoms with Crippen LogP contribution in [0.4, 0.5) is 4.79 Å². The molecule has 1 aliphatic rings. The van der Waals surface area contributed by atoms with Crippen LogP contribution in [0.2, 0.25) is 0 Å². The van der Waals surface area contributed by atoms with Crippen molar-refractivity contribution in [1.29, 1.82) is 0 Å². The van der Waals surface area contributed by atoms with Crippen molar-refractivity contribution in [3.05, 3.63) is 0 Å². The minimum atomic E-state index is -1.05. The third-order valence-electron chi connectivity index (χ3n) is 3.92. The fourth-order valence-corrected chi connectivity index (χ4v) is 3.66. The van der Waals surface area contributed by atoms with Gasteiger partial charge >= 0.3 is 6.09 Å². The maximum Gasteiger partial charge on any atom is 0.404 e. The molecule has 0 heterocycles. The Morgan fingerprint density at radius 2 is 1.85 bits per heavy atom. The van der Waals surface area contributed by atoms with Crippen molar-refractivity contribution >= 4 is 17.1 Å². The maximum atomic E-state index is 12.2. The summed E-state index contributed by atoms with van der Waals surface area (Å²) in [6.07, 6.45) is 3.72. The van der Waals surface area contributed by atoms with E-state index in [1.807, 2.05) is 20.8 Å². The quantitative estimate of drug-likeness (QED) is 0.730. The zero-order valence-electron chi connectivity index (χ0n) is 12.9. The molecule has 1 saturated carbocycles. The molecule has 1 rings (SSSR count). The lowest BCUT2D eigenvalue weighted by Gasteiger charge is -2.34. The van der Waals surface area contributed by atoms with E-state index in [-0.39, 0.29) is 16.8 Å². The molecule has 0 spiro atoms. The average Bonchev–Trinajstić information content (AvgIpc) is 2.35. The lowest BCUT2D eigenvalue weighted by molar-refractivity contribution is 0.179. The first kappa shape index (κ1) is 17.4. The number of carbonyl (C=O) groups is 1. The molecule has 0 saturated heterocycles. The maximum absolute atomic E-state index is 12.2. The van der Waals surface area contributed by atoms with E-state index in [1.165, 1.54) is 0 Å². The molecule has 1 amide bonds. The van der Waals surface area contributed by atoms with Crippen molar-refractivity contribution in [1.82, 2.24) is 10.0 Å². The van der Waals surface area contributed by atoms with Crippen LogP contribution in [0.3, 0.4) is 0 Å². The molecule has 3 N–H and O–H groups in total. The van der Waals surface area contributed by atoms with Gasteiger partial charge in [-0.05, 0) is 58.8 Å². The van der Waals surface area contributed by atoms with Gasteiger partial charge in [-0.2, -0.15) is 0 Å². The number of amides is 1. The molecule has 20 heavy (non-hydrogen) atoms. The summed E-state index contributed by atoms with van der Waals surface area (Å²) in [5, 5.41) is 11.3. The molecule has 0 aromatic carbocycles. The molecule has 0 aromatic rings. The van der Waals surface area contributed by atoms with Gasteiger partial charge in [0.1, 0.15) is 0 Å². The highest BCUT2D eigenvalue weighted by molar-refractivity contribution is 7.84. The molecule has 0 aliphatic heterocycles. The van der Waals surface area contributed by atoms with Gasteiger partial charge in [0.05, 0.1) is 15.7 Å². The Morgan fingerprint density at radius 1 is 1.30 bits per heavy atom. The first-order valence-electron chi connectivity index (χ1n) is 7.41. The standard InChI is InChI=1S/C14H28N2O3S/c1-5-12(16-20(19)14(2,3)4)10-6-8-11(9-7-10)15-13(17)18/h10-12,15-16H,5-9H2,1-4H3,(H,17,18)/t10?,11?,12-,20?/m0/s1. The van der Waals surface area contributed by atoms with E-state index < -0.39 is 17.1 Å². The first-order chi connectivity index (χ1) is 9.24. The van der Waals surface area contributed by atoms with Crippen molar-refractivity contribution in [3.63, 3.8) is 0 Å². The van der Waals surface area contributed by atoms with E-state index in [9.17, 15) is 9.00 Å². The number of hydrogen-bond acceptors (Lipinski definition) is 2. The summed E-state index contributed by atoms with van der Waals surface area (Å²) in [6, 6.07) is 0.329. The molecular formula is C14H28N2O3S. The molecule has 6 heteroatoms. The lowest BCUT2D eigenvalue weighted by Crippen LogP contribution is -2.46. The van der Waals surface area contributed by atoms with Gasteiger partial charge in [0.2, 0.25) is 0 Å². The van der Waals surface area contributed by atoms with Crippen LogP contribution < -0.4 is 10.0 Å². The van der Waals surface area contributed by atoms with Gasteiger partial charge in [-0.1, -0.05) is 6.92 Å². The smallest absolute Gasteiger partial charge is 0.404 e. The van der Waals surface area contributed by atoms with Crippen molar-refractivity contribution in [3.8, 4) is 0 Å². The molecule has 118 valence electrons. The Balaban J connectivity index is 2.48. The number of rotatable bonds is 5. The second-order valence-electron chi connectivity index (χ2n) is 6.57. The summed E-state index contributed by atoms with van der Waals surface area (Å²) in [5.74, 6) is 0.484. The highest BCUT2D eigenvalue weighted by Gasteiger charge is 2.30. The monoisotopic (exact) mass is 304 g/mol. The number of hydrogen-bond donors (Lipinski definition) is 3. The van der Waals surface area contributed by atoms with Crippen LogP contribution in [0, 0.1) is 5.92 Å². The van der Waals surface area contributed by atoms with Crippen LogP contribution in [-0.4, -0.2) is 32.2 Å². The number of carboxylic acid groups (broad SMARTS) is 1. The van der Waals surface area contributed by atoms with Gasteiger partial charge in [-0.15, -0.1) is 0 Å². The van der Waals surface area contributed by atoms with Gasteiger partial charge in [0.15, 0.2) is 0 Å². The predicted octanol–water partition coefficient (Wildman–Crippen LogP) is 2.64. The minimum Gasteiger partial charge on any atom is -0.465 e.